The van der Waals surface area contributed by atoms with Crippen LogP contribution in [-0.2, 0) is 11.3 Å². The standard InChI is InChI=1S/C18H16N2O4S/c1-22-14-7-5-12(6-8-14)16-10-13(20-24-16)11-23-18(21)15-4-3-9-19-17(15)25-2/h3-10H,11H2,1-2H3. The smallest absolute Gasteiger partial charge is 0.341 e. The topological polar surface area (TPSA) is 74.5 Å². The van der Waals surface area contributed by atoms with Crippen molar-refractivity contribution in [2.45, 2.75) is 11.6 Å². The largest absolute Gasteiger partial charge is 0.497 e. The summed E-state index contributed by atoms with van der Waals surface area (Å²) in [4.78, 5) is 16.3. The second kappa shape index (κ2) is 7.85. The van der Waals surface area contributed by atoms with Crippen molar-refractivity contribution in [1.29, 1.82) is 0 Å². The number of aromatic nitrogens is 2. The Labute approximate surface area is 149 Å². The van der Waals surface area contributed by atoms with Crippen LogP contribution in [0.3, 0.4) is 0 Å². The highest BCUT2D eigenvalue weighted by molar-refractivity contribution is 7.98. The summed E-state index contributed by atoms with van der Waals surface area (Å²) in [6.07, 6.45) is 3.50. The third-order valence-corrected chi connectivity index (χ3v) is 4.18. The van der Waals surface area contributed by atoms with Gasteiger partial charge in [-0.1, -0.05) is 5.16 Å². The van der Waals surface area contributed by atoms with Crippen LogP contribution < -0.4 is 4.74 Å². The molecule has 2 aromatic heterocycles. The van der Waals surface area contributed by atoms with Crippen molar-refractivity contribution in [2.75, 3.05) is 13.4 Å². The highest BCUT2D eigenvalue weighted by Crippen LogP contribution is 2.24. The van der Waals surface area contributed by atoms with Crippen molar-refractivity contribution in [2.24, 2.45) is 0 Å². The van der Waals surface area contributed by atoms with Crippen molar-refractivity contribution < 1.29 is 18.8 Å². The summed E-state index contributed by atoms with van der Waals surface area (Å²) in [5, 5.41) is 4.57. The van der Waals surface area contributed by atoms with E-state index in [0.717, 1.165) is 11.3 Å². The Hall–Kier alpha value is -2.80. The molecule has 0 aliphatic rings. The number of carbonyl (C=O) groups is 1. The fourth-order valence-electron chi connectivity index (χ4n) is 2.20. The number of methoxy groups -OCH3 is 1. The molecule has 0 unspecified atom stereocenters. The molecule has 0 spiro atoms. The molecule has 0 fully saturated rings. The molecule has 0 N–H and O–H groups in total. The first-order valence-corrected chi connectivity index (χ1v) is 8.70. The molecule has 3 aromatic rings. The van der Waals surface area contributed by atoms with Gasteiger partial charge in [-0.05, 0) is 42.7 Å². The molecule has 0 aliphatic carbocycles. The van der Waals surface area contributed by atoms with E-state index in [0.29, 0.717) is 22.0 Å². The summed E-state index contributed by atoms with van der Waals surface area (Å²) in [7, 11) is 1.61. The van der Waals surface area contributed by atoms with Gasteiger partial charge in [-0.15, -0.1) is 11.8 Å². The molecule has 0 amide bonds. The number of nitrogens with zero attached hydrogens (tertiary/aromatic N) is 2. The number of benzene rings is 1. The SMILES string of the molecule is COc1ccc(-c2cc(COC(=O)c3cccnc3SC)no2)cc1. The quantitative estimate of drug-likeness (QED) is 0.491. The van der Waals surface area contributed by atoms with Crippen LogP contribution in [0.4, 0.5) is 0 Å². The van der Waals surface area contributed by atoms with Crippen LogP contribution in [0.25, 0.3) is 11.3 Å². The predicted molar refractivity (Wildman–Crippen MR) is 93.6 cm³/mol. The van der Waals surface area contributed by atoms with Crippen LogP contribution in [0.5, 0.6) is 5.75 Å². The van der Waals surface area contributed by atoms with E-state index in [1.807, 2.05) is 30.5 Å². The van der Waals surface area contributed by atoms with E-state index in [4.69, 9.17) is 14.0 Å². The summed E-state index contributed by atoms with van der Waals surface area (Å²) >= 11 is 1.39. The second-order valence-corrected chi connectivity index (χ2v) is 5.84. The summed E-state index contributed by atoms with van der Waals surface area (Å²) in [5.41, 5.74) is 1.84. The highest BCUT2D eigenvalue weighted by Gasteiger charge is 2.15. The van der Waals surface area contributed by atoms with Crippen LogP contribution in [0.15, 0.2) is 58.2 Å². The van der Waals surface area contributed by atoms with Gasteiger partial charge in [0.1, 0.15) is 23.1 Å². The van der Waals surface area contributed by atoms with E-state index in [2.05, 4.69) is 10.1 Å². The lowest BCUT2D eigenvalue weighted by atomic mass is 10.1. The Morgan fingerprint density at radius 2 is 2.04 bits per heavy atom. The molecule has 0 saturated heterocycles. The number of carbonyl (C=O) groups excluding carboxylic acids is 1. The molecule has 7 heteroatoms. The maximum atomic E-state index is 12.2. The van der Waals surface area contributed by atoms with E-state index in [9.17, 15) is 4.79 Å². The lowest BCUT2D eigenvalue weighted by Gasteiger charge is -2.05. The average molecular weight is 356 g/mol. The molecular formula is C18H16N2O4S. The molecule has 0 radical (unpaired) electrons. The summed E-state index contributed by atoms with van der Waals surface area (Å²) in [6.45, 7) is 0.0290. The number of hydrogen-bond acceptors (Lipinski definition) is 7. The highest BCUT2D eigenvalue weighted by atomic mass is 32.2. The van der Waals surface area contributed by atoms with E-state index in [1.165, 1.54) is 11.8 Å². The Kier molecular flexibility index (Phi) is 5.35. The molecule has 2 heterocycles. The predicted octanol–water partition coefficient (Wildman–Crippen LogP) is 3.82. The number of rotatable bonds is 6. The zero-order valence-electron chi connectivity index (χ0n) is 13.8. The average Bonchev–Trinajstić information content (AvgIpc) is 3.15. The van der Waals surface area contributed by atoms with Gasteiger partial charge in [-0.3, -0.25) is 0 Å². The molecule has 3 rings (SSSR count). The van der Waals surface area contributed by atoms with E-state index in [1.54, 1.807) is 31.5 Å². The van der Waals surface area contributed by atoms with Gasteiger partial charge in [0.25, 0.3) is 0 Å². The third kappa shape index (κ3) is 4.00. The first-order valence-electron chi connectivity index (χ1n) is 7.47. The van der Waals surface area contributed by atoms with Gasteiger partial charge in [0.15, 0.2) is 5.76 Å². The first kappa shape index (κ1) is 17.0. The van der Waals surface area contributed by atoms with Crippen molar-refractivity contribution in [3.63, 3.8) is 0 Å². The molecule has 25 heavy (non-hydrogen) atoms. The third-order valence-electron chi connectivity index (χ3n) is 3.47. The van der Waals surface area contributed by atoms with Crippen LogP contribution in [0.2, 0.25) is 0 Å². The minimum absolute atomic E-state index is 0.0290. The van der Waals surface area contributed by atoms with E-state index < -0.39 is 5.97 Å². The van der Waals surface area contributed by atoms with E-state index >= 15 is 0 Å². The fourth-order valence-corrected chi connectivity index (χ4v) is 2.73. The summed E-state index contributed by atoms with van der Waals surface area (Å²) in [5.74, 6) is 0.921. The van der Waals surface area contributed by atoms with Gasteiger partial charge in [0.05, 0.1) is 12.7 Å². The lowest BCUT2D eigenvalue weighted by molar-refractivity contribution is 0.0459. The Morgan fingerprint density at radius 3 is 2.76 bits per heavy atom. The molecule has 1 aromatic carbocycles. The molecule has 128 valence electrons. The van der Waals surface area contributed by atoms with Gasteiger partial charge in [0.2, 0.25) is 0 Å². The zero-order valence-corrected chi connectivity index (χ0v) is 14.6. The van der Waals surface area contributed by atoms with Crippen molar-refractivity contribution >= 4 is 17.7 Å². The number of esters is 1. The maximum Gasteiger partial charge on any atom is 0.341 e. The van der Waals surface area contributed by atoms with Gasteiger partial charge < -0.3 is 14.0 Å². The molecule has 6 nitrogen and oxygen atoms in total. The normalized spacial score (nSPS) is 10.5. The molecule has 0 bridgehead atoms. The van der Waals surface area contributed by atoms with Gasteiger partial charge in [0, 0.05) is 17.8 Å². The number of ether oxygens (including phenoxy) is 2. The van der Waals surface area contributed by atoms with Gasteiger partial charge in [-0.2, -0.15) is 0 Å². The van der Waals surface area contributed by atoms with Gasteiger partial charge in [-0.25, -0.2) is 9.78 Å². The van der Waals surface area contributed by atoms with Crippen LogP contribution in [0, 0.1) is 0 Å². The summed E-state index contributed by atoms with van der Waals surface area (Å²) in [6, 6.07) is 12.5. The van der Waals surface area contributed by atoms with Crippen molar-refractivity contribution in [3.8, 4) is 17.1 Å². The minimum Gasteiger partial charge on any atom is -0.497 e. The first-order chi connectivity index (χ1) is 12.2. The minimum atomic E-state index is -0.438. The molecule has 0 aliphatic heterocycles. The second-order valence-electron chi connectivity index (χ2n) is 5.05. The lowest BCUT2D eigenvalue weighted by Crippen LogP contribution is -2.07. The van der Waals surface area contributed by atoms with Crippen LogP contribution >= 0.6 is 11.8 Å². The monoisotopic (exact) mass is 356 g/mol. The van der Waals surface area contributed by atoms with Crippen molar-refractivity contribution in [3.05, 3.63) is 59.9 Å². The van der Waals surface area contributed by atoms with Crippen LogP contribution in [-0.4, -0.2) is 29.5 Å². The van der Waals surface area contributed by atoms with Gasteiger partial charge >= 0.3 is 5.97 Å². The fraction of sp³-hybridized carbons (Fsp3) is 0.167. The van der Waals surface area contributed by atoms with E-state index in [-0.39, 0.29) is 6.61 Å². The number of thioether (sulfide) groups is 1. The summed E-state index contributed by atoms with van der Waals surface area (Å²) < 4.78 is 15.7. The molecular weight excluding hydrogens is 340 g/mol. The Balaban J connectivity index is 1.66. The molecule has 0 saturated carbocycles. The maximum absolute atomic E-state index is 12.2. The van der Waals surface area contributed by atoms with Crippen molar-refractivity contribution in [1.82, 2.24) is 10.1 Å². The zero-order chi connectivity index (χ0) is 17.6. The Morgan fingerprint density at radius 1 is 1.24 bits per heavy atom. The Bertz CT molecular complexity index is 862. The molecule has 0 atom stereocenters. The number of hydrogen-bond donors (Lipinski definition) is 0. The van der Waals surface area contributed by atoms with Crippen LogP contribution in [0.1, 0.15) is 16.1 Å². The number of pyridine rings is 1.